The maximum Gasteiger partial charge on any atom is 0.161 e. The molecule has 1 aromatic rings. The van der Waals surface area contributed by atoms with E-state index < -0.39 is 28.3 Å². The minimum Gasteiger partial charge on any atom is -0.311 e. The molecule has 0 radical (unpaired) electrons. The molecule has 1 N–H and O–H groups in total. The highest BCUT2D eigenvalue weighted by molar-refractivity contribution is 7.84. The first-order valence-electron chi connectivity index (χ1n) is 5.08. The van der Waals surface area contributed by atoms with Crippen LogP contribution in [0.2, 0.25) is 0 Å². The maximum atomic E-state index is 13.2. The van der Waals surface area contributed by atoms with E-state index in [2.05, 4.69) is 5.32 Å². The fourth-order valence-electron chi connectivity index (χ4n) is 1.23. The zero-order valence-corrected chi connectivity index (χ0v) is 10.4. The summed E-state index contributed by atoms with van der Waals surface area (Å²) in [5, 5.41) is 2.77. The molecular weight excluding hydrogens is 251 g/mol. The Bertz CT molecular complexity index is 425. The first-order chi connectivity index (χ1) is 7.91. The number of hydrogen-bond acceptors (Lipinski definition) is 2. The molecule has 0 aliphatic rings. The van der Waals surface area contributed by atoms with Crippen LogP contribution in [0.5, 0.6) is 0 Å². The Morgan fingerprint density at radius 3 is 2.41 bits per heavy atom. The average Bonchev–Trinajstić information content (AvgIpc) is 2.25. The highest BCUT2D eigenvalue weighted by atomic mass is 32.2. The van der Waals surface area contributed by atoms with Gasteiger partial charge in [0.05, 0.1) is 0 Å². The summed E-state index contributed by atoms with van der Waals surface area (Å²) in [5.74, 6) is -3.06. The Morgan fingerprint density at radius 2 is 1.82 bits per heavy atom. The molecule has 0 fully saturated rings. The number of nitrogens with one attached hydrogen (secondary N) is 1. The minimum absolute atomic E-state index is 0.0537. The molecule has 0 aliphatic carbocycles. The second-order valence-electron chi connectivity index (χ2n) is 3.80. The smallest absolute Gasteiger partial charge is 0.161 e. The predicted octanol–water partition coefficient (Wildman–Crippen LogP) is 1.96. The van der Waals surface area contributed by atoms with E-state index in [1.54, 1.807) is 13.2 Å². The molecule has 0 heterocycles. The van der Waals surface area contributed by atoms with Crippen LogP contribution in [0.4, 0.5) is 13.2 Å². The molecule has 17 heavy (non-hydrogen) atoms. The van der Waals surface area contributed by atoms with E-state index in [4.69, 9.17) is 0 Å². The molecule has 2 atom stereocenters. The van der Waals surface area contributed by atoms with Crippen LogP contribution in [0, 0.1) is 17.5 Å². The highest BCUT2D eigenvalue weighted by Crippen LogP contribution is 2.13. The Hall–Kier alpha value is -0.880. The fraction of sp³-hybridized carbons (Fsp3) is 0.455. The van der Waals surface area contributed by atoms with Crippen LogP contribution >= 0.6 is 0 Å². The summed E-state index contributed by atoms with van der Waals surface area (Å²) in [7, 11) is -0.972. The summed E-state index contributed by atoms with van der Waals surface area (Å²) in [6.07, 6.45) is 1.57. The molecule has 0 aromatic heterocycles. The summed E-state index contributed by atoms with van der Waals surface area (Å²) in [6.45, 7) is 2.27. The van der Waals surface area contributed by atoms with Crippen molar-refractivity contribution >= 4 is 10.8 Å². The summed E-state index contributed by atoms with van der Waals surface area (Å²) in [6, 6.07) is 1.35. The molecule has 0 spiro atoms. The van der Waals surface area contributed by atoms with E-state index in [0.717, 1.165) is 6.07 Å². The van der Waals surface area contributed by atoms with Crippen molar-refractivity contribution in [2.75, 3.05) is 12.8 Å². The standard InChI is InChI=1S/C11H14F3NOS/c1-7(17(2)16)5-15-6-8-3-10(13)11(14)4-9(8)12/h3-4,7,15H,5-6H2,1-2H3. The number of hydrogen-bond donors (Lipinski definition) is 1. The highest BCUT2D eigenvalue weighted by Gasteiger charge is 2.10. The third kappa shape index (κ3) is 4.12. The Labute approximate surface area is 101 Å². The van der Waals surface area contributed by atoms with E-state index in [1.807, 2.05) is 0 Å². The van der Waals surface area contributed by atoms with Gasteiger partial charge in [-0.3, -0.25) is 4.21 Å². The Kier molecular flexibility index (Phi) is 5.14. The lowest BCUT2D eigenvalue weighted by atomic mass is 10.2. The van der Waals surface area contributed by atoms with Crippen molar-refractivity contribution < 1.29 is 17.4 Å². The maximum absolute atomic E-state index is 13.2. The number of benzene rings is 1. The first-order valence-corrected chi connectivity index (χ1v) is 6.70. The van der Waals surface area contributed by atoms with Gasteiger partial charge in [0.25, 0.3) is 0 Å². The average molecular weight is 265 g/mol. The summed E-state index contributed by atoms with van der Waals surface area (Å²) < 4.78 is 49.7. The molecule has 0 saturated carbocycles. The number of rotatable bonds is 5. The van der Waals surface area contributed by atoms with Gasteiger partial charge in [-0.05, 0) is 13.0 Å². The lowest BCUT2D eigenvalue weighted by Gasteiger charge is -2.10. The van der Waals surface area contributed by atoms with E-state index in [-0.39, 0.29) is 17.4 Å². The minimum atomic E-state index is -1.20. The third-order valence-corrected chi connectivity index (χ3v) is 3.70. The van der Waals surface area contributed by atoms with Gasteiger partial charge in [0.15, 0.2) is 11.6 Å². The lowest BCUT2D eigenvalue weighted by Crippen LogP contribution is -2.27. The summed E-state index contributed by atoms with van der Waals surface area (Å²) in [5.41, 5.74) is 0.0537. The zero-order valence-electron chi connectivity index (χ0n) is 9.60. The topological polar surface area (TPSA) is 29.1 Å². The Balaban J connectivity index is 2.58. The fourth-order valence-corrected chi connectivity index (χ4v) is 1.58. The van der Waals surface area contributed by atoms with Crippen molar-refractivity contribution in [3.63, 3.8) is 0 Å². The summed E-state index contributed by atoms with van der Waals surface area (Å²) in [4.78, 5) is 0. The van der Waals surface area contributed by atoms with Crippen LogP contribution < -0.4 is 5.32 Å². The van der Waals surface area contributed by atoms with Crippen molar-refractivity contribution in [2.45, 2.75) is 18.7 Å². The van der Waals surface area contributed by atoms with E-state index >= 15 is 0 Å². The molecule has 6 heteroatoms. The van der Waals surface area contributed by atoms with Gasteiger partial charge in [0.2, 0.25) is 0 Å². The van der Waals surface area contributed by atoms with Gasteiger partial charge < -0.3 is 5.32 Å². The number of halogens is 3. The molecule has 2 nitrogen and oxygen atoms in total. The largest absolute Gasteiger partial charge is 0.311 e. The molecule has 0 saturated heterocycles. The second-order valence-corrected chi connectivity index (χ2v) is 5.60. The van der Waals surface area contributed by atoms with Crippen molar-refractivity contribution in [2.24, 2.45) is 0 Å². The van der Waals surface area contributed by atoms with Crippen molar-refractivity contribution in [3.8, 4) is 0 Å². The predicted molar refractivity (Wildman–Crippen MR) is 61.6 cm³/mol. The molecule has 2 unspecified atom stereocenters. The molecule has 96 valence electrons. The zero-order chi connectivity index (χ0) is 13.0. The van der Waals surface area contributed by atoms with Gasteiger partial charge in [0.1, 0.15) is 5.82 Å². The van der Waals surface area contributed by atoms with Gasteiger partial charge in [-0.1, -0.05) is 0 Å². The molecule has 1 aromatic carbocycles. The van der Waals surface area contributed by atoms with Gasteiger partial charge in [-0.25, -0.2) is 13.2 Å². The van der Waals surface area contributed by atoms with Crippen molar-refractivity contribution in [1.29, 1.82) is 0 Å². The van der Waals surface area contributed by atoms with Gasteiger partial charge in [-0.2, -0.15) is 0 Å². The molecule has 0 bridgehead atoms. The van der Waals surface area contributed by atoms with Crippen LogP contribution in [0.1, 0.15) is 12.5 Å². The van der Waals surface area contributed by atoms with E-state index in [1.165, 1.54) is 0 Å². The van der Waals surface area contributed by atoms with Crippen molar-refractivity contribution in [1.82, 2.24) is 5.32 Å². The van der Waals surface area contributed by atoms with E-state index in [0.29, 0.717) is 12.6 Å². The van der Waals surface area contributed by atoms with Crippen LogP contribution in [0.15, 0.2) is 12.1 Å². The normalized spacial score (nSPS) is 14.6. The van der Waals surface area contributed by atoms with Gasteiger partial charge >= 0.3 is 0 Å². The third-order valence-electron chi connectivity index (χ3n) is 2.40. The van der Waals surface area contributed by atoms with Gasteiger partial charge in [0, 0.05) is 47.0 Å². The second kappa shape index (κ2) is 6.16. The van der Waals surface area contributed by atoms with E-state index in [9.17, 15) is 17.4 Å². The first kappa shape index (κ1) is 14.2. The lowest BCUT2D eigenvalue weighted by molar-refractivity contribution is 0.487. The van der Waals surface area contributed by atoms with Gasteiger partial charge in [-0.15, -0.1) is 0 Å². The molecule has 1 rings (SSSR count). The van der Waals surface area contributed by atoms with Crippen LogP contribution in [-0.4, -0.2) is 22.3 Å². The SMILES string of the molecule is CC(CNCc1cc(F)c(F)cc1F)S(C)=O. The van der Waals surface area contributed by atoms with Crippen LogP contribution in [0.25, 0.3) is 0 Å². The quantitative estimate of drug-likeness (QED) is 0.825. The van der Waals surface area contributed by atoms with Crippen LogP contribution in [-0.2, 0) is 17.3 Å². The van der Waals surface area contributed by atoms with Crippen molar-refractivity contribution in [3.05, 3.63) is 35.1 Å². The summed E-state index contributed by atoms with van der Waals surface area (Å²) >= 11 is 0. The molecule has 0 amide bonds. The Morgan fingerprint density at radius 1 is 1.24 bits per heavy atom. The molecular formula is C11H14F3NOS. The monoisotopic (exact) mass is 265 g/mol. The van der Waals surface area contributed by atoms with Crippen LogP contribution in [0.3, 0.4) is 0 Å². The molecule has 0 aliphatic heterocycles.